The molecule has 0 aliphatic heterocycles. The normalized spacial score (nSPS) is 17.6. The van der Waals surface area contributed by atoms with Crippen LogP contribution in [0.3, 0.4) is 0 Å². The van der Waals surface area contributed by atoms with Gasteiger partial charge in [-0.25, -0.2) is 0 Å². The lowest BCUT2D eigenvalue weighted by Crippen LogP contribution is -2.36. The molecule has 0 amide bonds. The Hall–Kier alpha value is -1.06. The van der Waals surface area contributed by atoms with E-state index < -0.39 is 6.10 Å². The Morgan fingerprint density at radius 3 is 2.45 bits per heavy atom. The van der Waals surface area contributed by atoms with Crippen LogP contribution in [-0.2, 0) is 0 Å². The molecule has 0 unspecified atom stereocenters. The van der Waals surface area contributed by atoms with Crippen molar-refractivity contribution in [3.63, 3.8) is 0 Å². The summed E-state index contributed by atoms with van der Waals surface area (Å²) < 4.78 is 5.63. The molecule has 1 fully saturated rings. The standard InChI is InChI=1S/C17H27NO2/c1-13(2)14-7-9-17(10-8-14)20-12-16(19)11-18-15-5-3-4-6-15/h7-10,13,15-16,18-19H,3-6,11-12H2,1-2H3/t16-/m0/s1. The number of aliphatic hydroxyl groups excluding tert-OH is 1. The zero-order valence-corrected chi connectivity index (χ0v) is 12.6. The van der Waals surface area contributed by atoms with E-state index in [4.69, 9.17) is 4.74 Å². The molecule has 1 atom stereocenters. The fourth-order valence-electron chi connectivity index (χ4n) is 2.63. The Morgan fingerprint density at radius 1 is 1.20 bits per heavy atom. The third kappa shape index (κ3) is 4.80. The minimum Gasteiger partial charge on any atom is -0.491 e. The Morgan fingerprint density at radius 2 is 1.85 bits per heavy atom. The molecule has 0 spiro atoms. The fourth-order valence-corrected chi connectivity index (χ4v) is 2.63. The predicted octanol–water partition coefficient (Wildman–Crippen LogP) is 3.08. The highest BCUT2D eigenvalue weighted by Crippen LogP contribution is 2.19. The van der Waals surface area contributed by atoms with E-state index in [0.717, 1.165) is 5.75 Å². The van der Waals surface area contributed by atoms with Crippen LogP contribution in [0.15, 0.2) is 24.3 Å². The van der Waals surface area contributed by atoms with Crippen LogP contribution in [0.2, 0.25) is 0 Å². The van der Waals surface area contributed by atoms with E-state index in [1.165, 1.54) is 31.2 Å². The lowest BCUT2D eigenvalue weighted by molar-refractivity contribution is 0.104. The first-order valence-corrected chi connectivity index (χ1v) is 7.79. The molecule has 112 valence electrons. The first-order valence-electron chi connectivity index (χ1n) is 7.79. The van der Waals surface area contributed by atoms with Gasteiger partial charge in [0.1, 0.15) is 18.5 Å². The van der Waals surface area contributed by atoms with Crippen molar-refractivity contribution >= 4 is 0 Å². The number of hydrogen-bond donors (Lipinski definition) is 2. The minimum atomic E-state index is -0.444. The van der Waals surface area contributed by atoms with Crippen molar-refractivity contribution in [1.29, 1.82) is 0 Å². The molecule has 1 aliphatic rings. The van der Waals surface area contributed by atoms with Crippen LogP contribution >= 0.6 is 0 Å². The van der Waals surface area contributed by atoms with Crippen molar-refractivity contribution < 1.29 is 9.84 Å². The van der Waals surface area contributed by atoms with Crippen molar-refractivity contribution in [3.8, 4) is 5.75 Å². The molecule has 0 heterocycles. The van der Waals surface area contributed by atoms with Crippen molar-refractivity contribution in [3.05, 3.63) is 29.8 Å². The summed E-state index contributed by atoms with van der Waals surface area (Å²) in [6.07, 6.45) is 4.66. The summed E-state index contributed by atoms with van der Waals surface area (Å²) in [4.78, 5) is 0. The molecular formula is C17H27NO2. The van der Waals surface area contributed by atoms with Gasteiger partial charge in [-0.1, -0.05) is 38.8 Å². The van der Waals surface area contributed by atoms with Gasteiger partial charge in [0.15, 0.2) is 0 Å². The van der Waals surface area contributed by atoms with Crippen LogP contribution in [0, 0.1) is 0 Å². The molecule has 0 radical (unpaired) electrons. The lowest BCUT2D eigenvalue weighted by atomic mass is 10.0. The summed E-state index contributed by atoms with van der Waals surface area (Å²) in [5.41, 5.74) is 1.31. The van der Waals surface area contributed by atoms with E-state index in [0.29, 0.717) is 25.1 Å². The third-order valence-electron chi connectivity index (χ3n) is 3.99. The van der Waals surface area contributed by atoms with E-state index in [-0.39, 0.29) is 0 Å². The summed E-state index contributed by atoms with van der Waals surface area (Å²) in [6.45, 7) is 5.32. The van der Waals surface area contributed by atoms with Gasteiger partial charge in [0.05, 0.1) is 0 Å². The zero-order chi connectivity index (χ0) is 14.4. The van der Waals surface area contributed by atoms with Gasteiger partial charge in [-0.2, -0.15) is 0 Å². The lowest BCUT2D eigenvalue weighted by Gasteiger charge is -2.17. The molecule has 2 rings (SSSR count). The largest absolute Gasteiger partial charge is 0.491 e. The SMILES string of the molecule is CC(C)c1ccc(OC[C@@H](O)CNC2CCCC2)cc1. The molecule has 0 aromatic heterocycles. The molecule has 3 nitrogen and oxygen atoms in total. The zero-order valence-electron chi connectivity index (χ0n) is 12.6. The molecule has 3 heteroatoms. The number of benzene rings is 1. The molecular weight excluding hydrogens is 250 g/mol. The first-order chi connectivity index (χ1) is 9.65. The van der Waals surface area contributed by atoms with E-state index in [1.54, 1.807) is 0 Å². The highest BCUT2D eigenvalue weighted by Gasteiger charge is 2.15. The van der Waals surface area contributed by atoms with Crippen LogP contribution in [-0.4, -0.2) is 30.4 Å². The highest BCUT2D eigenvalue weighted by atomic mass is 16.5. The predicted molar refractivity (Wildman–Crippen MR) is 82.3 cm³/mol. The summed E-state index contributed by atoms with van der Waals surface area (Å²) in [7, 11) is 0. The van der Waals surface area contributed by atoms with E-state index >= 15 is 0 Å². The third-order valence-corrected chi connectivity index (χ3v) is 3.99. The molecule has 1 aromatic carbocycles. The van der Waals surface area contributed by atoms with Crippen molar-refractivity contribution in [2.45, 2.75) is 57.6 Å². The smallest absolute Gasteiger partial charge is 0.119 e. The maximum Gasteiger partial charge on any atom is 0.119 e. The van der Waals surface area contributed by atoms with Crippen LogP contribution in [0.25, 0.3) is 0 Å². The summed E-state index contributed by atoms with van der Waals surface area (Å²) in [5.74, 6) is 1.36. The summed E-state index contributed by atoms with van der Waals surface area (Å²) >= 11 is 0. The Kier molecular flexibility index (Phi) is 5.86. The van der Waals surface area contributed by atoms with E-state index in [1.807, 2.05) is 12.1 Å². The maximum absolute atomic E-state index is 9.93. The molecule has 1 saturated carbocycles. The number of aliphatic hydroxyl groups is 1. The molecule has 0 saturated heterocycles. The topological polar surface area (TPSA) is 41.5 Å². The van der Waals surface area contributed by atoms with Crippen molar-refractivity contribution in [1.82, 2.24) is 5.32 Å². The van der Waals surface area contributed by atoms with E-state index in [9.17, 15) is 5.11 Å². The molecule has 1 aromatic rings. The fraction of sp³-hybridized carbons (Fsp3) is 0.647. The van der Waals surface area contributed by atoms with Gasteiger partial charge >= 0.3 is 0 Å². The second-order valence-electron chi connectivity index (χ2n) is 6.08. The van der Waals surface area contributed by atoms with E-state index in [2.05, 4.69) is 31.3 Å². The van der Waals surface area contributed by atoms with Gasteiger partial charge in [-0.05, 0) is 36.5 Å². The average Bonchev–Trinajstić information content (AvgIpc) is 2.96. The van der Waals surface area contributed by atoms with Gasteiger partial charge < -0.3 is 15.2 Å². The molecule has 0 bridgehead atoms. The van der Waals surface area contributed by atoms with Crippen molar-refractivity contribution in [2.75, 3.05) is 13.2 Å². The summed E-state index contributed by atoms with van der Waals surface area (Å²) in [5, 5.41) is 13.3. The van der Waals surface area contributed by atoms with Crippen LogP contribution in [0.5, 0.6) is 5.75 Å². The minimum absolute atomic E-state index is 0.348. The van der Waals surface area contributed by atoms with Gasteiger partial charge in [-0.3, -0.25) is 0 Å². The molecule has 2 N–H and O–H groups in total. The average molecular weight is 277 g/mol. The number of ether oxygens (including phenoxy) is 1. The Balaban J connectivity index is 1.68. The van der Waals surface area contributed by atoms with Crippen LogP contribution < -0.4 is 10.1 Å². The monoisotopic (exact) mass is 277 g/mol. The van der Waals surface area contributed by atoms with Crippen LogP contribution in [0.4, 0.5) is 0 Å². The van der Waals surface area contributed by atoms with Gasteiger partial charge in [0.2, 0.25) is 0 Å². The van der Waals surface area contributed by atoms with Gasteiger partial charge in [0.25, 0.3) is 0 Å². The number of nitrogens with one attached hydrogen (secondary N) is 1. The molecule has 20 heavy (non-hydrogen) atoms. The van der Waals surface area contributed by atoms with Gasteiger partial charge in [0, 0.05) is 12.6 Å². The number of rotatable bonds is 7. The number of hydrogen-bond acceptors (Lipinski definition) is 3. The Labute approximate surface area is 122 Å². The molecule has 1 aliphatic carbocycles. The second kappa shape index (κ2) is 7.65. The summed E-state index contributed by atoms with van der Waals surface area (Å²) in [6, 6.07) is 8.72. The van der Waals surface area contributed by atoms with Crippen LogP contribution in [0.1, 0.15) is 51.0 Å². The quantitative estimate of drug-likeness (QED) is 0.805. The second-order valence-corrected chi connectivity index (χ2v) is 6.08. The van der Waals surface area contributed by atoms with Crippen molar-refractivity contribution in [2.24, 2.45) is 0 Å². The highest BCUT2D eigenvalue weighted by molar-refractivity contribution is 5.28. The van der Waals surface area contributed by atoms with Gasteiger partial charge in [-0.15, -0.1) is 0 Å². The Bertz CT molecular complexity index is 382. The first kappa shape index (κ1) is 15.3. The maximum atomic E-state index is 9.93.